The Morgan fingerprint density at radius 2 is 1.74 bits per heavy atom. The quantitative estimate of drug-likeness (QED) is 0.524. The first kappa shape index (κ1) is 13.5. The van der Waals surface area contributed by atoms with Gasteiger partial charge in [-0.1, -0.05) is 42.5 Å². The van der Waals surface area contributed by atoms with E-state index >= 15 is 0 Å². The summed E-state index contributed by atoms with van der Waals surface area (Å²) in [4.78, 5) is 16.0. The predicted octanol–water partition coefficient (Wildman–Crippen LogP) is 4.08. The lowest BCUT2D eigenvalue weighted by Gasteiger charge is -2.10. The monoisotopic (exact) mass is 302 g/mol. The Kier molecular flexibility index (Phi) is 3.08. The van der Waals surface area contributed by atoms with Crippen LogP contribution in [-0.2, 0) is 4.79 Å². The third-order valence-corrected chi connectivity index (χ3v) is 3.71. The molecule has 0 saturated heterocycles. The minimum Gasteiger partial charge on any atom is -0.427 e. The number of imidazole rings is 1. The van der Waals surface area contributed by atoms with E-state index < -0.39 is 0 Å². The van der Waals surface area contributed by atoms with Gasteiger partial charge in [0.25, 0.3) is 0 Å². The molecule has 2 heterocycles. The second-order valence-corrected chi connectivity index (χ2v) is 5.33. The van der Waals surface area contributed by atoms with Crippen molar-refractivity contribution in [3.8, 4) is 17.0 Å². The van der Waals surface area contributed by atoms with E-state index in [9.17, 15) is 4.79 Å². The number of nitrogens with zero attached hydrogens (tertiary/aromatic N) is 2. The summed E-state index contributed by atoms with van der Waals surface area (Å²) in [5, 5.41) is 0. The normalized spacial score (nSPS) is 11.0. The van der Waals surface area contributed by atoms with E-state index in [1.165, 1.54) is 6.92 Å². The van der Waals surface area contributed by atoms with Crippen LogP contribution >= 0.6 is 0 Å². The molecule has 4 aromatic rings. The number of carbonyl (C=O) groups is 1. The van der Waals surface area contributed by atoms with Crippen LogP contribution in [0.5, 0.6) is 5.75 Å². The zero-order valence-electron chi connectivity index (χ0n) is 12.6. The summed E-state index contributed by atoms with van der Waals surface area (Å²) in [7, 11) is 0. The summed E-state index contributed by atoms with van der Waals surface area (Å²) >= 11 is 0. The van der Waals surface area contributed by atoms with Crippen molar-refractivity contribution < 1.29 is 9.53 Å². The van der Waals surface area contributed by atoms with Crippen molar-refractivity contribution in [2.45, 2.75) is 6.92 Å². The van der Waals surface area contributed by atoms with E-state index in [0.29, 0.717) is 5.75 Å². The fraction of sp³-hybridized carbons (Fsp3) is 0.0526. The topological polar surface area (TPSA) is 43.6 Å². The smallest absolute Gasteiger partial charge is 0.308 e. The summed E-state index contributed by atoms with van der Waals surface area (Å²) in [6, 6.07) is 21.6. The summed E-state index contributed by atoms with van der Waals surface area (Å²) in [5.41, 5.74) is 4.66. The summed E-state index contributed by atoms with van der Waals surface area (Å²) in [6.07, 6.45) is 0. The molecule has 0 unspecified atom stereocenters. The lowest BCUT2D eigenvalue weighted by molar-refractivity contribution is -0.131. The van der Waals surface area contributed by atoms with E-state index in [1.54, 1.807) is 6.07 Å². The molecular weight excluding hydrogens is 288 g/mol. The molecule has 0 amide bonds. The van der Waals surface area contributed by atoms with Crippen molar-refractivity contribution in [1.82, 2.24) is 9.38 Å². The van der Waals surface area contributed by atoms with Crippen molar-refractivity contribution >= 4 is 22.6 Å². The van der Waals surface area contributed by atoms with Crippen LogP contribution in [0.2, 0.25) is 0 Å². The SMILES string of the molecule is CC(=O)Oc1cc(-c2ccccc2)n2c(c1)nc1ccccc12. The molecule has 0 aliphatic rings. The van der Waals surface area contributed by atoms with Crippen LogP contribution in [0.1, 0.15) is 6.92 Å². The van der Waals surface area contributed by atoms with Gasteiger partial charge in [-0.2, -0.15) is 0 Å². The second-order valence-electron chi connectivity index (χ2n) is 5.33. The average molecular weight is 302 g/mol. The van der Waals surface area contributed by atoms with E-state index in [4.69, 9.17) is 4.74 Å². The molecular formula is C19H14N2O2. The number of aromatic nitrogens is 2. The Morgan fingerprint density at radius 3 is 2.52 bits per heavy atom. The van der Waals surface area contributed by atoms with Gasteiger partial charge < -0.3 is 4.74 Å². The van der Waals surface area contributed by atoms with Crippen molar-refractivity contribution in [1.29, 1.82) is 0 Å². The highest BCUT2D eigenvalue weighted by Crippen LogP contribution is 2.30. The average Bonchev–Trinajstić information content (AvgIpc) is 2.92. The van der Waals surface area contributed by atoms with Gasteiger partial charge in [0.2, 0.25) is 0 Å². The first-order valence-corrected chi connectivity index (χ1v) is 7.37. The zero-order chi connectivity index (χ0) is 15.8. The van der Waals surface area contributed by atoms with Gasteiger partial charge in [0.15, 0.2) is 0 Å². The zero-order valence-corrected chi connectivity index (χ0v) is 12.6. The van der Waals surface area contributed by atoms with E-state index in [1.807, 2.05) is 60.7 Å². The molecule has 4 nitrogen and oxygen atoms in total. The molecule has 0 saturated carbocycles. The lowest BCUT2D eigenvalue weighted by atomic mass is 10.1. The third-order valence-electron chi connectivity index (χ3n) is 3.71. The molecule has 2 aromatic carbocycles. The number of esters is 1. The minimum absolute atomic E-state index is 0.343. The minimum atomic E-state index is -0.343. The van der Waals surface area contributed by atoms with Crippen LogP contribution in [0.15, 0.2) is 66.7 Å². The number of rotatable bonds is 2. The van der Waals surface area contributed by atoms with E-state index in [0.717, 1.165) is 27.9 Å². The van der Waals surface area contributed by atoms with Gasteiger partial charge in [-0.15, -0.1) is 0 Å². The maximum Gasteiger partial charge on any atom is 0.308 e. The Hall–Kier alpha value is -3.14. The first-order chi connectivity index (χ1) is 11.2. The summed E-state index contributed by atoms with van der Waals surface area (Å²) < 4.78 is 7.37. The summed E-state index contributed by atoms with van der Waals surface area (Å²) in [6.45, 7) is 1.40. The van der Waals surface area contributed by atoms with Gasteiger partial charge in [-0.3, -0.25) is 9.20 Å². The molecule has 23 heavy (non-hydrogen) atoms. The molecule has 0 aliphatic heterocycles. The van der Waals surface area contributed by atoms with E-state index in [-0.39, 0.29) is 5.97 Å². The van der Waals surface area contributed by atoms with Gasteiger partial charge in [0, 0.05) is 19.1 Å². The number of hydrogen-bond acceptors (Lipinski definition) is 3. The van der Waals surface area contributed by atoms with Gasteiger partial charge in [-0.25, -0.2) is 4.98 Å². The molecule has 0 aliphatic carbocycles. The van der Waals surface area contributed by atoms with Crippen molar-refractivity contribution in [3.05, 3.63) is 66.7 Å². The molecule has 112 valence electrons. The van der Waals surface area contributed by atoms with Crippen LogP contribution in [-0.4, -0.2) is 15.4 Å². The van der Waals surface area contributed by atoms with Crippen molar-refractivity contribution in [3.63, 3.8) is 0 Å². The van der Waals surface area contributed by atoms with Crippen LogP contribution in [0.4, 0.5) is 0 Å². The van der Waals surface area contributed by atoms with Gasteiger partial charge in [0.05, 0.1) is 16.7 Å². The number of fused-ring (bicyclic) bond motifs is 3. The molecule has 4 heteroatoms. The maximum atomic E-state index is 11.3. The molecule has 4 rings (SSSR count). The van der Waals surface area contributed by atoms with Crippen LogP contribution < -0.4 is 4.74 Å². The standard InChI is InChI=1S/C19H14N2O2/c1-13(22)23-15-11-18(14-7-3-2-4-8-14)21-17-10-6-5-9-16(17)20-19(21)12-15/h2-12H,1H3. The lowest BCUT2D eigenvalue weighted by Crippen LogP contribution is -2.03. The summed E-state index contributed by atoms with van der Waals surface area (Å²) in [5.74, 6) is 0.156. The second kappa shape index (κ2) is 5.25. The molecule has 0 spiro atoms. The van der Waals surface area contributed by atoms with Crippen LogP contribution in [0, 0.1) is 0 Å². The molecule has 0 N–H and O–H groups in total. The van der Waals surface area contributed by atoms with Crippen molar-refractivity contribution in [2.24, 2.45) is 0 Å². The number of para-hydroxylation sites is 2. The molecule has 0 fully saturated rings. The molecule has 0 atom stereocenters. The Labute approximate surface area is 133 Å². The third kappa shape index (κ3) is 2.34. The van der Waals surface area contributed by atoms with Crippen LogP contribution in [0.25, 0.3) is 27.9 Å². The number of ether oxygens (including phenoxy) is 1. The Morgan fingerprint density at radius 1 is 1.00 bits per heavy atom. The van der Waals surface area contributed by atoms with Crippen molar-refractivity contribution in [2.75, 3.05) is 0 Å². The van der Waals surface area contributed by atoms with Crippen LogP contribution in [0.3, 0.4) is 0 Å². The fourth-order valence-corrected chi connectivity index (χ4v) is 2.81. The molecule has 0 radical (unpaired) electrons. The maximum absolute atomic E-state index is 11.3. The Bertz CT molecular complexity index is 1020. The highest BCUT2D eigenvalue weighted by Gasteiger charge is 2.13. The van der Waals surface area contributed by atoms with Gasteiger partial charge in [0.1, 0.15) is 11.4 Å². The molecule has 2 aromatic heterocycles. The fourth-order valence-electron chi connectivity index (χ4n) is 2.81. The molecule has 0 bridgehead atoms. The number of hydrogen-bond donors (Lipinski definition) is 0. The number of carbonyl (C=O) groups excluding carboxylic acids is 1. The van der Waals surface area contributed by atoms with E-state index in [2.05, 4.69) is 9.38 Å². The first-order valence-electron chi connectivity index (χ1n) is 7.37. The van der Waals surface area contributed by atoms with Gasteiger partial charge in [-0.05, 0) is 17.7 Å². The Balaban J connectivity index is 2.09. The highest BCUT2D eigenvalue weighted by atomic mass is 16.5. The predicted molar refractivity (Wildman–Crippen MR) is 89.4 cm³/mol. The number of pyridine rings is 1. The van der Waals surface area contributed by atoms with Gasteiger partial charge >= 0.3 is 5.97 Å². The number of benzene rings is 2. The highest BCUT2D eigenvalue weighted by molar-refractivity contribution is 5.85. The largest absolute Gasteiger partial charge is 0.427 e.